The van der Waals surface area contributed by atoms with E-state index in [0.717, 1.165) is 49.4 Å². The largest absolute Gasteiger partial charge is 0.357 e. The molecule has 0 amide bonds. The van der Waals surface area contributed by atoms with Gasteiger partial charge in [0.05, 0.1) is 0 Å². The molecule has 8 heteroatoms. The summed E-state index contributed by atoms with van der Waals surface area (Å²) in [4.78, 5) is 5.96. The van der Waals surface area contributed by atoms with Crippen LogP contribution in [0.4, 0.5) is 0 Å². The van der Waals surface area contributed by atoms with Crippen LogP contribution in [-0.4, -0.2) is 39.6 Å². The highest BCUT2D eigenvalue weighted by Crippen LogP contribution is 2.16. The van der Waals surface area contributed by atoms with Crippen molar-refractivity contribution in [3.63, 3.8) is 0 Å². The first kappa shape index (κ1) is 21.0. The third-order valence-electron chi connectivity index (χ3n) is 4.07. The first-order valence-corrected chi connectivity index (χ1v) is 9.96. The van der Waals surface area contributed by atoms with Crippen molar-refractivity contribution in [3.05, 3.63) is 42.0 Å². The normalized spacial score (nSPS) is 13.7. The van der Waals surface area contributed by atoms with E-state index in [1.165, 1.54) is 17.7 Å². The average molecular weight is 486 g/mol. The standard InChI is InChI=1S/C18H26N6S.HI/c1-2-19-18(20-11-13-25-15-8-4-3-5-9-15)21-14-17-23-22-16-10-6-7-12-24(16)17;/h3-5,8-9H,2,6-7,10-14H2,1H3,(H2,19,20,21);1H. The zero-order chi connectivity index (χ0) is 17.3. The Morgan fingerprint density at radius 1 is 1.19 bits per heavy atom. The molecule has 0 saturated carbocycles. The van der Waals surface area contributed by atoms with E-state index in [9.17, 15) is 0 Å². The summed E-state index contributed by atoms with van der Waals surface area (Å²) in [5.74, 6) is 3.90. The molecule has 0 fully saturated rings. The van der Waals surface area contributed by atoms with Crippen LogP contribution in [-0.2, 0) is 19.5 Å². The molecule has 6 nitrogen and oxygen atoms in total. The van der Waals surface area contributed by atoms with Crippen molar-refractivity contribution in [2.24, 2.45) is 4.99 Å². The lowest BCUT2D eigenvalue weighted by molar-refractivity contribution is 0.508. The molecule has 0 radical (unpaired) electrons. The number of benzene rings is 1. The van der Waals surface area contributed by atoms with Crippen molar-refractivity contribution in [3.8, 4) is 0 Å². The zero-order valence-corrected chi connectivity index (χ0v) is 18.3. The number of hydrogen-bond acceptors (Lipinski definition) is 4. The van der Waals surface area contributed by atoms with Crippen LogP contribution in [0.15, 0.2) is 40.2 Å². The Bertz CT molecular complexity index is 688. The SMILES string of the molecule is CCNC(=NCc1nnc2n1CCCC2)NCCSc1ccccc1.I. The topological polar surface area (TPSA) is 67.1 Å². The maximum atomic E-state index is 4.67. The van der Waals surface area contributed by atoms with Crippen LogP contribution in [0.25, 0.3) is 0 Å². The fourth-order valence-corrected chi connectivity index (χ4v) is 3.62. The molecule has 26 heavy (non-hydrogen) atoms. The summed E-state index contributed by atoms with van der Waals surface area (Å²) in [6.07, 6.45) is 3.45. The smallest absolute Gasteiger partial charge is 0.191 e. The van der Waals surface area contributed by atoms with Gasteiger partial charge in [-0.25, -0.2) is 4.99 Å². The second-order valence-electron chi connectivity index (χ2n) is 5.92. The summed E-state index contributed by atoms with van der Waals surface area (Å²) in [6, 6.07) is 10.5. The number of thioether (sulfide) groups is 1. The zero-order valence-electron chi connectivity index (χ0n) is 15.1. The van der Waals surface area contributed by atoms with Crippen LogP contribution in [0.5, 0.6) is 0 Å². The van der Waals surface area contributed by atoms with E-state index >= 15 is 0 Å². The van der Waals surface area contributed by atoms with E-state index in [1.807, 2.05) is 17.8 Å². The van der Waals surface area contributed by atoms with Gasteiger partial charge in [-0.15, -0.1) is 45.9 Å². The summed E-state index contributed by atoms with van der Waals surface area (Å²) in [7, 11) is 0. The van der Waals surface area contributed by atoms with Gasteiger partial charge in [-0.1, -0.05) is 18.2 Å². The van der Waals surface area contributed by atoms with Gasteiger partial charge in [-0.05, 0) is 31.9 Å². The highest BCUT2D eigenvalue weighted by molar-refractivity contribution is 14.0. The minimum Gasteiger partial charge on any atom is -0.357 e. The van der Waals surface area contributed by atoms with E-state index in [2.05, 4.69) is 61.6 Å². The Labute approximate surface area is 176 Å². The van der Waals surface area contributed by atoms with Gasteiger partial charge in [0, 0.05) is 36.7 Å². The molecule has 2 heterocycles. The number of aromatic nitrogens is 3. The monoisotopic (exact) mass is 486 g/mol. The highest BCUT2D eigenvalue weighted by atomic mass is 127. The number of aryl methyl sites for hydroxylation is 1. The number of nitrogens with one attached hydrogen (secondary N) is 2. The number of halogens is 1. The van der Waals surface area contributed by atoms with E-state index in [0.29, 0.717) is 6.54 Å². The molecule has 0 bridgehead atoms. The highest BCUT2D eigenvalue weighted by Gasteiger charge is 2.15. The van der Waals surface area contributed by atoms with Gasteiger partial charge < -0.3 is 15.2 Å². The van der Waals surface area contributed by atoms with Gasteiger partial charge in [-0.3, -0.25) is 0 Å². The molecule has 1 aromatic heterocycles. The lowest BCUT2D eigenvalue weighted by atomic mass is 10.2. The van der Waals surface area contributed by atoms with Crippen molar-refractivity contribution in [1.29, 1.82) is 0 Å². The predicted octanol–water partition coefficient (Wildman–Crippen LogP) is 3.08. The summed E-state index contributed by atoms with van der Waals surface area (Å²) < 4.78 is 2.22. The maximum Gasteiger partial charge on any atom is 0.191 e. The van der Waals surface area contributed by atoms with Crippen molar-refractivity contribution in [2.45, 2.75) is 44.2 Å². The maximum absolute atomic E-state index is 4.67. The summed E-state index contributed by atoms with van der Waals surface area (Å²) in [5, 5.41) is 15.3. The first-order chi connectivity index (χ1) is 12.4. The van der Waals surface area contributed by atoms with Crippen LogP contribution >= 0.6 is 35.7 Å². The molecule has 1 aliphatic heterocycles. The third-order valence-corrected chi connectivity index (χ3v) is 5.08. The van der Waals surface area contributed by atoms with Gasteiger partial charge in [0.1, 0.15) is 12.4 Å². The predicted molar refractivity (Wildman–Crippen MR) is 118 cm³/mol. The molecule has 2 N–H and O–H groups in total. The molecule has 0 aliphatic carbocycles. The summed E-state index contributed by atoms with van der Waals surface area (Å²) in [6.45, 7) is 5.37. The molecular weight excluding hydrogens is 459 g/mol. The van der Waals surface area contributed by atoms with Crippen LogP contribution < -0.4 is 10.6 Å². The van der Waals surface area contributed by atoms with Gasteiger partial charge in [0.15, 0.2) is 11.8 Å². The van der Waals surface area contributed by atoms with Gasteiger partial charge in [0.2, 0.25) is 0 Å². The second kappa shape index (κ2) is 11.4. The quantitative estimate of drug-likeness (QED) is 0.207. The Hall–Kier alpha value is -1.29. The van der Waals surface area contributed by atoms with E-state index < -0.39 is 0 Å². The van der Waals surface area contributed by atoms with Crippen molar-refractivity contribution in [2.75, 3.05) is 18.8 Å². The Balaban J connectivity index is 0.00000243. The first-order valence-electron chi connectivity index (χ1n) is 8.98. The number of aliphatic imine (C=N–C) groups is 1. The molecule has 3 rings (SSSR count). The number of nitrogens with zero attached hydrogens (tertiary/aromatic N) is 4. The second-order valence-corrected chi connectivity index (χ2v) is 7.09. The lowest BCUT2D eigenvalue weighted by Gasteiger charge is -2.14. The van der Waals surface area contributed by atoms with Crippen LogP contribution in [0.1, 0.15) is 31.4 Å². The van der Waals surface area contributed by atoms with Crippen LogP contribution in [0.2, 0.25) is 0 Å². The fourth-order valence-electron chi connectivity index (χ4n) is 2.83. The van der Waals surface area contributed by atoms with Crippen molar-refractivity contribution >= 4 is 41.7 Å². The van der Waals surface area contributed by atoms with E-state index in [-0.39, 0.29) is 24.0 Å². The Kier molecular flexibility index (Phi) is 9.24. The molecule has 0 saturated heterocycles. The third kappa shape index (κ3) is 6.15. The van der Waals surface area contributed by atoms with Crippen molar-refractivity contribution in [1.82, 2.24) is 25.4 Å². The number of rotatable bonds is 7. The minimum atomic E-state index is 0. The minimum absolute atomic E-state index is 0. The van der Waals surface area contributed by atoms with Crippen LogP contribution in [0.3, 0.4) is 0 Å². The molecule has 1 aliphatic rings. The molecular formula is C18H27IN6S. The molecule has 2 aromatic rings. The van der Waals surface area contributed by atoms with Crippen molar-refractivity contribution < 1.29 is 0 Å². The number of guanidine groups is 1. The number of hydrogen-bond donors (Lipinski definition) is 2. The molecule has 142 valence electrons. The van der Waals surface area contributed by atoms with Gasteiger partial charge in [0.25, 0.3) is 0 Å². The molecule has 0 unspecified atom stereocenters. The average Bonchev–Trinajstić information content (AvgIpc) is 3.07. The van der Waals surface area contributed by atoms with Crippen LogP contribution in [0, 0.1) is 0 Å². The van der Waals surface area contributed by atoms with Gasteiger partial charge >= 0.3 is 0 Å². The van der Waals surface area contributed by atoms with E-state index in [4.69, 9.17) is 0 Å². The Morgan fingerprint density at radius 2 is 2.04 bits per heavy atom. The fraction of sp³-hybridized carbons (Fsp3) is 0.500. The Morgan fingerprint density at radius 3 is 2.85 bits per heavy atom. The molecule has 0 spiro atoms. The van der Waals surface area contributed by atoms with E-state index in [1.54, 1.807) is 0 Å². The molecule has 0 atom stereocenters. The number of fused-ring (bicyclic) bond motifs is 1. The van der Waals surface area contributed by atoms with Gasteiger partial charge in [-0.2, -0.15) is 0 Å². The summed E-state index contributed by atoms with van der Waals surface area (Å²) >= 11 is 1.84. The molecule has 1 aromatic carbocycles. The summed E-state index contributed by atoms with van der Waals surface area (Å²) in [5.41, 5.74) is 0. The lowest BCUT2D eigenvalue weighted by Crippen LogP contribution is -2.38.